The Morgan fingerprint density at radius 3 is 2.33 bits per heavy atom. The predicted octanol–water partition coefficient (Wildman–Crippen LogP) is 4.56. The van der Waals surface area contributed by atoms with Crippen molar-refractivity contribution in [1.29, 1.82) is 5.26 Å². The molecule has 8 rings (SSSR count). The van der Waals surface area contributed by atoms with Crippen molar-refractivity contribution in [3.63, 3.8) is 0 Å². The van der Waals surface area contributed by atoms with Crippen LogP contribution in [0.5, 0.6) is 5.75 Å². The quantitative estimate of drug-likeness (QED) is 0.220. The number of nitrogens with one attached hydrogen (secondary N) is 2. The largest absolute Gasteiger partial charge is 0.489 e. The van der Waals surface area contributed by atoms with Gasteiger partial charge in [0.25, 0.3) is 11.5 Å². The number of fused-ring (bicyclic) bond motifs is 1. The lowest BCUT2D eigenvalue weighted by Crippen LogP contribution is -2.74. The number of aromatic nitrogens is 2. The number of benzene rings is 3. The van der Waals surface area contributed by atoms with Crippen molar-refractivity contribution in [2.24, 2.45) is 16.7 Å². The number of hydrogen-bond acceptors (Lipinski definition) is 10. The molecule has 4 fully saturated rings. The summed E-state index contributed by atoms with van der Waals surface area (Å²) in [4.78, 5) is 46.3. The minimum atomic E-state index is -0.885. The van der Waals surface area contributed by atoms with E-state index in [4.69, 9.17) is 16.3 Å². The van der Waals surface area contributed by atoms with Gasteiger partial charge in [0, 0.05) is 97.0 Å². The molecular weight excluding hydrogens is 744 g/mol. The van der Waals surface area contributed by atoms with E-state index in [0.717, 1.165) is 62.6 Å². The molecule has 4 aromatic rings. The minimum Gasteiger partial charge on any atom is -0.489 e. The second-order valence-electron chi connectivity index (χ2n) is 17.2. The minimum absolute atomic E-state index is 0.107. The Morgan fingerprint density at radius 1 is 0.965 bits per heavy atom. The van der Waals surface area contributed by atoms with Crippen molar-refractivity contribution in [3.8, 4) is 11.8 Å². The second kappa shape index (κ2) is 15.0. The number of piperazine rings is 1. The van der Waals surface area contributed by atoms with Gasteiger partial charge in [-0.3, -0.25) is 19.3 Å². The zero-order valence-corrected chi connectivity index (χ0v) is 33.5. The van der Waals surface area contributed by atoms with Crippen LogP contribution >= 0.6 is 11.6 Å². The van der Waals surface area contributed by atoms with Crippen LogP contribution in [0.25, 0.3) is 10.8 Å². The van der Waals surface area contributed by atoms with Crippen molar-refractivity contribution < 1.29 is 19.4 Å². The zero-order valence-electron chi connectivity index (χ0n) is 32.7. The second-order valence-corrected chi connectivity index (χ2v) is 17.6. The molecule has 13 nitrogen and oxygen atoms in total. The van der Waals surface area contributed by atoms with Crippen LogP contribution in [0.1, 0.15) is 62.5 Å². The van der Waals surface area contributed by atoms with Gasteiger partial charge in [0.1, 0.15) is 30.2 Å². The first-order valence-electron chi connectivity index (χ1n) is 19.7. The molecule has 0 radical (unpaired) electrons. The lowest BCUT2D eigenvalue weighted by molar-refractivity contribution is -0.164. The molecule has 0 spiro atoms. The van der Waals surface area contributed by atoms with Crippen molar-refractivity contribution in [3.05, 3.63) is 93.4 Å². The van der Waals surface area contributed by atoms with Gasteiger partial charge in [-0.1, -0.05) is 39.3 Å². The first-order valence-corrected chi connectivity index (χ1v) is 20.1. The fourth-order valence-electron chi connectivity index (χ4n) is 9.67. The molecule has 1 aliphatic carbocycles. The summed E-state index contributed by atoms with van der Waals surface area (Å²) in [5.41, 5.74) is 2.20. The summed E-state index contributed by atoms with van der Waals surface area (Å²) in [7, 11) is 0. The number of anilines is 2. The molecular formula is C43H49ClN8O5. The SMILES string of the molecule is CC1(C)[C@H](NC(=O)c2ccc(N3CC(CN4CCN(c5ccc6c(=O)n(C7CC[C@@H](O)NC7=O)ncc6c5)CC4)C3)cc2)C(C)(C)[C@H]1Oc1ccc(C#N)c(Cl)c1. The summed E-state index contributed by atoms with van der Waals surface area (Å²) >= 11 is 6.25. The molecule has 4 heterocycles. The van der Waals surface area contributed by atoms with Crippen LogP contribution in [-0.4, -0.2) is 95.8 Å². The highest BCUT2D eigenvalue weighted by Crippen LogP contribution is 2.55. The number of ether oxygens (including phenoxy) is 1. The van der Waals surface area contributed by atoms with Gasteiger partial charge in [-0.25, -0.2) is 4.68 Å². The van der Waals surface area contributed by atoms with E-state index in [1.165, 1.54) is 4.68 Å². The molecule has 3 aliphatic heterocycles. The smallest absolute Gasteiger partial charge is 0.275 e. The number of carbonyl (C=O) groups excluding carboxylic acids is 2. The summed E-state index contributed by atoms with van der Waals surface area (Å²) in [5.74, 6) is 0.674. The first kappa shape index (κ1) is 38.7. The van der Waals surface area contributed by atoms with Crippen LogP contribution in [0.3, 0.4) is 0 Å². The van der Waals surface area contributed by atoms with E-state index in [0.29, 0.717) is 46.0 Å². The monoisotopic (exact) mass is 792 g/mol. The Kier molecular flexibility index (Phi) is 10.2. The molecule has 298 valence electrons. The number of nitriles is 1. The van der Waals surface area contributed by atoms with E-state index in [2.05, 4.69) is 64.2 Å². The van der Waals surface area contributed by atoms with Crippen molar-refractivity contribution >= 4 is 45.6 Å². The molecule has 57 heavy (non-hydrogen) atoms. The van der Waals surface area contributed by atoms with E-state index in [1.807, 2.05) is 42.5 Å². The number of carbonyl (C=O) groups is 2. The Morgan fingerprint density at radius 2 is 1.67 bits per heavy atom. The molecule has 2 atom stereocenters. The molecule has 3 N–H and O–H groups in total. The van der Waals surface area contributed by atoms with E-state index in [9.17, 15) is 24.8 Å². The lowest BCUT2D eigenvalue weighted by atomic mass is 9.49. The molecule has 3 aromatic carbocycles. The third-order valence-corrected chi connectivity index (χ3v) is 12.9. The number of nitrogens with zero attached hydrogens (tertiary/aromatic N) is 6. The Balaban J connectivity index is 0.795. The zero-order chi connectivity index (χ0) is 40.2. The van der Waals surface area contributed by atoms with E-state index < -0.39 is 18.2 Å². The van der Waals surface area contributed by atoms with E-state index in [1.54, 1.807) is 24.4 Å². The van der Waals surface area contributed by atoms with Gasteiger partial charge in [-0.2, -0.15) is 10.4 Å². The highest BCUT2D eigenvalue weighted by Gasteiger charge is 2.64. The fraction of sp³-hybridized carbons (Fsp3) is 0.465. The number of aliphatic hydroxyl groups is 1. The standard InChI is InChI=1S/C43H49ClN8O5/c1-42(2)40(43(3,4)41(42)57-32-11-7-28(21-45)34(44)20-32)48-37(54)27-5-8-30(9-6-27)51-24-26(25-51)23-49-15-17-50(18-16-49)31-10-12-33-29(19-31)22-46-52(39(33)56)35-13-14-36(53)47-38(35)55/h5-12,19-20,22,26,35-36,40-41,53H,13-18,23-25H2,1-4H3,(H,47,55)(H,48,54)/t35?,36-,40-,41-/m1/s1. The number of amides is 2. The molecule has 1 saturated carbocycles. The third-order valence-electron chi connectivity index (χ3n) is 12.6. The fourth-order valence-corrected chi connectivity index (χ4v) is 9.88. The highest BCUT2D eigenvalue weighted by atomic mass is 35.5. The van der Waals surface area contributed by atoms with E-state index in [-0.39, 0.29) is 34.4 Å². The van der Waals surface area contributed by atoms with Crippen LogP contribution in [0.2, 0.25) is 5.02 Å². The maximum atomic E-state index is 13.5. The van der Waals surface area contributed by atoms with Crippen LogP contribution in [0.4, 0.5) is 11.4 Å². The molecule has 0 bridgehead atoms. The molecule has 3 saturated heterocycles. The molecule has 2 amide bonds. The maximum Gasteiger partial charge on any atom is 0.275 e. The Bertz CT molecular complexity index is 2280. The molecule has 1 unspecified atom stereocenters. The molecule has 1 aromatic heterocycles. The van der Waals surface area contributed by atoms with Gasteiger partial charge in [0.05, 0.1) is 22.2 Å². The predicted molar refractivity (Wildman–Crippen MR) is 219 cm³/mol. The van der Waals surface area contributed by atoms with Gasteiger partial charge in [0.15, 0.2) is 0 Å². The van der Waals surface area contributed by atoms with Crippen molar-refractivity contribution in [1.82, 2.24) is 25.3 Å². The van der Waals surface area contributed by atoms with Gasteiger partial charge in [-0.05, 0) is 67.4 Å². The van der Waals surface area contributed by atoms with Crippen molar-refractivity contribution in [2.75, 3.05) is 55.6 Å². The topological polar surface area (TPSA) is 156 Å². The van der Waals surface area contributed by atoms with Crippen LogP contribution in [0, 0.1) is 28.1 Å². The molecule has 4 aliphatic rings. The average molecular weight is 793 g/mol. The third kappa shape index (κ3) is 7.31. The van der Waals surface area contributed by atoms with Gasteiger partial charge < -0.3 is 30.3 Å². The van der Waals surface area contributed by atoms with Crippen LogP contribution < -0.4 is 30.7 Å². The summed E-state index contributed by atoms with van der Waals surface area (Å²) in [5, 5.41) is 30.7. The lowest BCUT2D eigenvalue weighted by Gasteiger charge is -2.63. The first-order chi connectivity index (χ1) is 27.2. The van der Waals surface area contributed by atoms with Crippen molar-refractivity contribution in [2.45, 2.75) is 65.0 Å². The number of rotatable bonds is 9. The summed E-state index contributed by atoms with van der Waals surface area (Å²) in [6.07, 6.45) is 1.33. The number of aliphatic hydroxyl groups excluding tert-OH is 1. The molecule has 14 heteroatoms. The van der Waals surface area contributed by atoms with Gasteiger partial charge in [0.2, 0.25) is 5.91 Å². The van der Waals surface area contributed by atoms with Crippen LogP contribution in [0.15, 0.2) is 71.7 Å². The summed E-state index contributed by atoms with van der Waals surface area (Å²) in [6.45, 7) is 15.0. The number of piperidine rings is 1. The van der Waals surface area contributed by atoms with E-state index >= 15 is 0 Å². The van der Waals surface area contributed by atoms with Crippen LogP contribution in [-0.2, 0) is 4.79 Å². The Hall–Kier alpha value is -5.16. The Labute approximate surface area is 337 Å². The van der Waals surface area contributed by atoms with Gasteiger partial charge >= 0.3 is 0 Å². The number of hydrogen-bond donors (Lipinski definition) is 3. The number of halogens is 1. The van der Waals surface area contributed by atoms with Gasteiger partial charge in [-0.15, -0.1) is 0 Å². The normalized spacial score (nSPS) is 24.5. The maximum absolute atomic E-state index is 13.5. The summed E-state index contributed by atoms with van der Waals surface area (Å²) in [6, 6.07) is 20.0. The highest BCUT2D eigenvalue weighted by molar-refractivity contribution is 6.31. The average Bonchev–Trinajstić information content (AvgIpc) is 3.17. The summed E-state index contributed by atoms with van der Waals surface area (Å²) < 4.78 is 7.61.